The van der Waals surface area contributed by atoms with Crippen molar-refractivity contribution in [3.63, 3.8) is 0 Å². The molecule has 0 amide bonds. The molecule has 0 saturated carbocycles. The summed E-state index contributed by atoms with van der Waals surface area (Å²) in [6.07, 6.45) is 3.57. The van der Waals surface area contributed by atoms with E-state index < -0.39 is 0 Å². The van der Waals surface area contributed by atoms with Crippen molar-refractivity contribution < 1.29 is 4.84 Å². The Morgan fingerprint density at radius 2 is 1.57 bits per heavy atom. The van der Waals surface area contributed by atoms with E-state index in [0.29, 0.717) is 0 Å². The first-order chi connectivity index (χ1) is 11.4. The minimum absolute atomic E-state index is 0.0768. The maximum Gasteiger partial charge on any atom is 0.190 e. The van der Waals surface area contributed by atoms with E-state index in [4.69, 9.17) is 4.84 Å². The Kier molecular flexibility index (Phi) is 4.12. The maximum absolute atomic E-state index is 5.90. The van der Waals surface area contributed by atoms with Gasteiger partial charge in [-0.3, -0.25) is 4.90 Å². The molecule has 23 heavy (non-hydrogen) atoms. The maximum atomic E-state index is 5.90. The van der Waals surface area contributed by atoms with Gasteiger partial charge in [0.25, 0.3) is 0 Å². The molecule has 2 aromatic rings. The predicted octanol–water partition coefficient (Wildman–Crippen LogP) is 3.70. The molecule has 1 saturated heterocycles. The highest BCUT2D eigenvalue weighted by atomic mass is 16.7. The van der Waals surface area contributed by atoms with E-state index in [1.165, 1.54) is 24.0 Å². The molecule has 2 aliphatic rings. The molecule has 0 aliphatic carbocycles. The average molecular weight is 306 g/mol. The number of oxime groups is 1. The predicted molar refractivity (Wildman–Crippen MR) is 92.3 cm³/mol. The van der Waals surface area contributed by atoms with E-state index in [2.05, 4.69) is 64.7 Å². The third-order valence-electron chi connectivity index (χ3n) is 4.82. The molecule has 0 bridgehead atoms. The Morgan fingerprint density at radius 3 is 2.26 bits per heavy atom. The first-order valence-corrected chi connectivity index (χ1v) is 8.49. The lowest BCUT2D eigenvalue weighted by Crippen LogP contribution is -2.40. The Labute approximate surface area is 137 Å². The van der Waals surface area contributed by atoms with Crippen LogP contribution in [0.5, 0.6) is 0 Å². The zero-order valence-electron chi connectivity index (χ0n) is 13.3. The second-order valence-electron chi connectivity index (χ2n) is 6.38. The number of benzene rings is 2. The SMILES string of the molecule is c1ccc(C[C@H]2C(c3ccccc3)=NO[C@@H]2N2CCCC2)cc1. The van der Waals surface area contributed by atoms with Crippen LogP contribution in [0.25, 0.3) is 0 Å². The van der Waals surface area contributed by atoms with Crippen molar-refractivity contribution in [2.75, 3.05) is 13.1 Å². The van der Waals surface area contributed by atoms with Crippen LogP contribution < -0.4 is 0 Å². The number of hydrogen-bond acceptors (Lipinski definition) is 3. The Hall–Kier alpha value is -2.13. The van der Waals surface area contributed by atoms with Gasteiger partial charge < -0.3 is 4.84 Å². The first kappa shape index (κ1) is 14.5. The highest BCUT2D eigenvalue weighted by Crippen LogP contribution is 2.30. The second-order valence-corrected chi connectivity index (χ2v) is 6.38. The Balaban J connectivity index is 1.62. The molecule has 2 aromatic carbocycles. The van der Waals surface area contributed by atoms with Crippen molar-refractivity contribution >= 4 is 5.71 Å². The highest BCUT2D eigenvalue weighted by molar-refractivity contribution is 6.03. The molecule has 0 spiro atoms. The Bertz CT molecular complexity index is 663. The lowest BCUT2D eigenvalue weighted by atomic mass is 9.89. The van der Waals surface area contributed by atoms with Crippen LogP contribution in [0.2, 0.25) is 0 Å². The normalized spacial score (nSPS) is 24.4. The van der Waals surface area contributed by atoms with Crippen molar-refractivity contribution in [3.8, 4) is 0 Å². The van der Waals surface area contributed by atoms with E-state index in [-0.39, 0.29) is 12.1 Å². The molecule has 0 aromatic heterocycles. The Morgan fingerprint density at radius 1 is 0.913 bits per heavy atom. The van der Waals surface area contributed by atoms with Crippen LogP contribution in [0.15, 0.2) is 65.8 Å². The third kappa shape index (κ3) is 3.02. The van der Waals surface area contributed by atoms with Gasteiger partial charge in [0.15, 0.2) is 6.23 Å². The van der Waals surface area contributed by atoms with Gasteiger partial charge in [0.1, 0.15) is 0 Å². The van der Waals surface area contributed by atoms with E-state index in [1.807, 2.05) is 6.07 Å². The van der Waals surface area contributed by atoms with Gasteiger partial charge in [-0.05, 0) is 30.4 Å². The summed E-state index contributed by atoms with van der Waals surface area (Å²) in [4.78, 5) is 8.35. The second kappa shape index (κ2) is 6.55. The van der Waals surface area contributed by atoms with Crippen LogP contribution in [0.1, 0.15) is 24.0 Å². The van der Waals surface area contributed by atoms with Gasteiger partial charge in [-0.15, -0.1) is 0 Å². The highest BCUT2D eigenvalue weighted by Gasteiger charge is 2.39. The molecule has 3 nitrogen and oxygen atoms in total. The summed E-state index contributed by atoms with van der Waals surface area (Å²) < 4.78 is 0. The summed E-state index contributed by atoms with van der Waals surface area (Å²) in [6.45, 7) is 2.24. The summed E-state index contributed by atoms with van der Waals surface area (Å²) in [5.41, 5.74) is 3.61. The fourth-order valence-corrected chi connectivity index (χ4v) is 3.65. The molecule has 1 fully saturated rings. The summed E-state index contributed by atoms with van der Waals surface area (Å²) in [6, 6.07) is 21.1. The standard InChI is InChI=1S/C20H22N2O/c1-3-9-16(10-4-1)15-18-19(17-11-5-2-6-12-17)21-23-20(18)22-13-7-8-14-22/h1-6,9-12,18,20H,7-8,13-15H2/t18-,20-/m0/s1. The van der Waals surface area contributed by atoms with Gasteiger partial charge in [-0.25, -0.2) is 0 Å². The third-order valence-corrected chi connectivity index (χ3v) is 4.82. The van der Waals surface area contributed by atoms with E-state index in [1.54, 1.807) is 0 Å². The molecule has 0 radical (unpaired) electrons. The lowest BCUT2D eigenvalue weighted by Gasteiger charge is -2.27. The van der Waals surface area contributed by atoms with E-state index >= 15 is 0 Å². The van der Waals surface area contributed by atoms with Gasteiger partial charge in [0.05, 0.1) is 11.6 Å². The molecule has 4 rings (SSSR count). The van der Waals surface area contributed by atoms with Crippen molar-refractivity contribution in [3.05, 3.63) is 71.8 Å². The van der Waals surface area contributed by atoms with E-state index in [9.17, 15) is 0 Å². The molecular weight excluding hydrogens is 284 g/mol. The van der Waals surface area contributed by atoms with E-state index in [0.717, 1.165) is 25.2 Å². The fourth-order valence-electron chi connectivity index (χ4n) is 3.65. The van der Waals surface area contributed by atoms with Gasteiger partial charge in [0, 0.05) is 13.1 Å². The van der Waals surface area contributed by atoms with Crippen LogP contribution in [0.3, 0.4) is 0 Å². The molecular formula is C20H22N2O. The quantitative estimate of drug-likeness (QED) is 0.860. The number of rotatable bonds is 4. The molecule has 2 heterocycles. The van der Waals surface area contributed by atoms with Crippen LogP contribution >= 0.6 is 0 Å². The van der Waals surface area contributed by atoms with Gasteiger partial charge in [0.2, 0.25) is 0 Å². The summed E-state index contributed by atoms with van der Waals surface area (Å²) in [5.74, 6) is 0.290. The van der Waals surface area contributed by atoms with Crippen molar-refractivity contribution in [2.24, 2.45) is 11.1 Å². The van der Waals surface area contributed by atoms with Gasteiger partial charge in [-0.1, -0.05) is 65.8 Å². The average Bonchev–Trinajstić information content (AvgIpc) is 3.26. The van der Waals surface area contributed by atoms with Gasteiger partial charge in [-0.2, -0.15) is 0 Å². The lowest BCUT2D eigenvalue weighted by molar-refractivity contribution is -0.0476. The van der Waals surface area contributed by atoms with Crippen LogP contribution in [-0.2, 0) is 11.3 Å². The summed E-state index contributed by atoms with van der Waals surface area (Å²) in [5, 5.41) is 4.48. The molecule has 0 unspecified atom stereocenters. The first-order valence-electron chi connectivity index (χ1n) is 8.49. The molecule has 118 valence electrons. The summed E-state index contributed by atoms with van der Waals surface area (Å²) in [7, 11) is 0. The number of hydrogen-bond donors (Lipinski definition) is 0. The number of likely N-dealkylation sites (tertiary alicyclic amines) is 1. The largest absolute Gasteiger partial charge is 0.375 e. The van der Waals surface area contributed by atoms with Crippen LogP contribution in [0.4, 0.5) is 0 Å². The van der Waals surface area contributed by atoms with Crippen molar-refractivity contribution in [1.29, 1.82) is 0 Å². The molecule has 2 atom stereocenters. The minimum atomic E-state index is 0.0768. The van der Waals surface area contributed by atoms with Crippen LogP contribution in [0, 0.1) is 5.92 Å². The zero-order chi connectivity index (χ0) is 15.5. The monoisotopic (exact) mass is 306 g/mol. The fraction of sp³-hybridized carbons (Fsp3) is 0.350. The zero-order valence-corrected chi connectivity index (χ0v) is 13.3. The minimum Gasteiger partial charge on any atom is -0.375 e. The molecule has 3 heteroatoms. The molecule has 2 aliphatic heterocycles. The smallest absolute Gasteiger partial charge is 0.190 e. The summed E-state index contributed by atoms with van der Waals surface area (Å²) >= 11 is 0. The number of nitrogens with zero attached hydrogens (tertiary/aromatic N) is 2. The van der Waals surface area contributed by atoms with Crippen LogP contribution in [-0.4, -0.2) is 29.9 Å². The van der Waals surface area contributed by atoms with Crippen molar-refractivity contribution in [2.45, 2.75) is 25.5 Å². The van der Waals surface area contributed by atoms with Gasteiger partial charge >= 0.3 is 0 Å². The molecule has 0 N–H and O–H groups in total. The van der Waals surface area contributed by atoms with Crippen molar-refractivity contribution in [1.82, 2.24) is 4.90 Å². The topological polar surface area (TPSA) is 24.8 Å².